The van der Waals surface area contributed by atoms with Crippen LogP contribution in [0.3, 0.4) is 0 Å². The fourth-order valence-electron chi connectivity index (χ4n) is 3.08. The minimum absolute atomic E-state index is 1.28. The molecule has 0 saturated carbocycles. The van der Waals surface area contributed by atoms with Gasteiger partial charge in [0.2, 0.25) is 0 Å². The first-order valence-electron chi connectivity index (χ1n) is 13.1. The molecule has 0 aliphatic rings. The van der Waals surface area contributed by atoms with Gasteiger partial charge in [-0.05, 0) is 45.7 Å². The van der Waals surface area contributed by atoms with Crippen molar-refractivity contribution in [2.24, 2.45) is 0 Å². The van der Waals surface area contributed by atoms with E-state index in [1.807, 2.05) is 56.3 Å². The second kappa shape index (κ2) is 19.3. The molecule has 0 N–H and O–H groups in total. The van der Waals surface area contributed by atoms with E-state index in [2.05, 4.69) is 132 Å². The average molecular weight is 489 g/mol. The molecule has 0 amide bonds. The molecule has 0 radical (unpaired) electrons. The summed E-state index contributed by atoms with van der Waals surface area (Å²) in [5, 5.41) is 0. The van der Waals surface area contributed by atoms with Crippen LogP contribution in [-0.4, -0.2) is 0 Å². The molecule has 0 aromatic heterocycles. The lowest BCUT2D eigenvalue weighted by Gasteiger charge is -2.00. The third-order valence-electron chi connectivity index (χ3n) is 5.26. The number of aryl methyl sites for hydroxylation is 5. The van der Waals surface area contributed by atoms with Crippen molar-refractivity contribution in [2.75, 3.05) is 0 Å². The molecule has 0 aliphatic heterocycles. The van der Waals surface area contributed by atoms with Gasteiger partial charge in [-0.25, -0.2) is 0 Å². The van der Waals surface area contributed by atoms with E-state index in [0.717, 1.165) is 0 Å². The largest absolute Gasteiger partial charge is 0.0683 e. The maximum absolute atomic E-state index is 2.16. The van der Waals surface area contributed by atoms with E-state index in [4.69, 9.17) is 0 Å². The molecule has 37 heavy (non-hydrogen) atoms. The lowest BCUT2D eigenvalue weighted by atomic mass is 10.0. The molecule has 5 aromatic carbocycles. The van der Waals surface area contributed by atoms with Gasteiger partial charge in [0.05, 0.1) is 0 Å². The Morgan fingerprint density at radius 1 is 0.243 bits per heavy atom. The summed E-state index contributed by atoms with van der Waals surface area (Å²) >= 11 is 0. The third-order valence-corrected chi connectivity index (χ3v) is 5.26. The maximum atomic E-state index is 2.16. The average Bonchev–Trinajstić information content (AvgIpc) is 2.94. The summed E-state index contributed by atoms with van der Waals surface area (Å²) < 4.78 is 0. The number of rotatable bonds is 1. The van der Waals surface area contributed by atoms with E-state index >= 15 is 0 Å². The summed E-state index contributed by atoms with van der Waals surface area (Å²) in [6.07, 6.45) is 0. The van der Waals surface area contributed by atoms with E-state index in [0.29, 0.717) is 0 Å². The van der Waals surface area contributed by atoms with E-state index in [-0.39, 0.29) is 0 Å². The second-order valence-corrected chi connectivity index (χ2v) is 8.70. The molecule has 0 bridgehead atoms. The van der Waals surface area contributed by atoms with Crippen LogP contribution in [0.2, 0.25) is 0 Å². The molecule has 5 rings (SSSR count). The van der Waals surface area contributed by atoms with Gasteiger partial charge in [-0.1, -0.05) is 181 Å². The summed E-state index contributed by atoms with van der Waals surface area (Å²) in [6.45, 7) is 14.5. The van der Waals surface area contributed by atoms with E-state index < -0.39 is 0 Å². The van der Waals surface area contributed by atoms with Crippen LogP contribution in [-0.2, 0) is 0 Å². The van der Waals surface area contributed by atoms with Gasteiger partial charge in [0.15, 0.2) is 0 Å². The van der Waals surface area contributed by atoms with Gasteiger partial charge >= 0.3 is 0 Å². The predicted octanol–water partition coefficient (Wildman–Crippen LogP) is 11.0. The summed E-state index contributed by atoms with van der Waals surface area (Å²) in [7, 11) is 0. The minimum Gasteiger partial charge on any atom is -0.0683 e. The summed E-state index contributed by atoms with van der Waals surface area (Å²) in [6, 6.07) is 48.0. The van der Waals surface area contributed by atoms with E-state index in [1.54, 1.807) is 0 Å². The molecule has 192 valence electrons. The van der Waals surface area contributed by atoms with Gasteiger partial charge < -0.3 is 0 Å². The standard InChI is InChI=1S/C13H12.C8H10.2C7H8.C2H6/c1-11-7-9-13(10-8-11)12-5-3-2-4-6-12;1-7-3-5-8(2)6-4-7;2*1-7-5-3-2-4-6-7;1-2/h2-10H,1H3;3-6H,1-2H3;2*2-6H,1H3;1-2H3. The van der Waals surface area contributed by atoms with Gasteiger partial charge in [0.25, 0.3) is 0 Å². The Morgan fingerprint density at radius 2 is 0.459 bits per heavy atom. The Kier molecular flexibility index (Phi) is 16.2. The van der Waals surface area contributed by atoms with E-state index in [1.165, 1.54) is 38.9 Å². The Labute approximate surface area is 226 Å². The second-order valence-electron chi connectivity index (χ2n) is 8.70. The van der Waals surface area contributed by atoms with Crippen LogP contribution < -0.4 is 0 Å². The summed E-state index contributed by atoms with van der Waals surface area (Å²) in [5.74, 6) is 0. The van der Waals surface area contributed by atoms with Gasteiger partial charge in [-0.2, -0.15) is 0 Å². The van der Waals surface area contributed by atoms with Crippen molar-refractivity contribution in [2.45, 2.75) is 48.5 Å². The molecule has 0 nitrogen and oxygen atoms in total. The highest BCUT2D eigenvalue weighted by Crippen LogP contribution is 2.18. The highest BCUT2D eigenvalue weighted by molar-refractivity contribution is 5.63. The Morgan fingerprint density at radius 3 is 0.730 bits per heavy atom. The maximum Gasteiger partial charge on any atom is -0.0184 e. The van der Waals surface area contributed by atoms with Gasteiger partial charge in [0, 0.05) is 0 Å². The monoisotopic (exact) mass is 488 g/mol. The predicted molar refractivity (Wildman–Crippen MR) is 166 cm³/mol. The molecular formula is C37H44. The molecule has 0 heterocycles. The van der Waals surface area contributed by atoms with E-state index in [9.17, 15) is 0 Å². The van der Waals surface area contributed by atoms with Crippen molar-refractivity contribution in [3.8, 4) is 11.1 Å². The van der Waals surface area contributed by atoms with Crippen LogP contribution in [0.15, 0.2) is 140 Å². The third kappa shape index (κ3) is 15.0. The van der Waals surface area contributed by atoms with Crippen LogP contribution in [0.25, 0.3) is 11.1 Å². The molecule has 0 aliphatic carbocycles. The SMILES string of the molecule is CC.Cc1ccc(-c2ccccc2)cc1.Cc1ccc(C)cc1.Cc1ccccc1.Cc1ccccc1. The summed E-state index contributed by atoms with van der Waals surface area (Å²) in [5.41, 5.74) is 9.17. The van der Waals surface area contributed by atoms with Gasteiger partial charge in [0.1, 0.15) is 0 Å². The van der Waals surface area contributed by atoms with Crippen LogP contribution in [0.1, 0.15) is 41.7 Å². The van der Waals surface area contributed by atoms with Crippen LogP contribution in [0, 0.1) is 34.6 Å². The molecule has 0 heteroatoms. The minimum atomic E-state index is 1.28. The normalized spacial score (nSPS) is 8.95. The summed E-state index contributed by atoms with van der Waals surface area (Å²) in [4.78, 5) is 0. The van der Waals surface area contributed by atoms with Gasteiger partial charge in [-0.3, -0.25) is 0 Å². The molecule has 0 saturated heterocycles. The number of hydrogen-bond acceptors (Lipinski definition) is 0. The fourth-order valence-corrected chi connectivity index (χ4v) is 3.08. The highest BCUT2D eigenvalue weighted by atomic mass is 14.0. The molecular weight excluding hydrogens is 444 g/mol. The fraction of sp³-hybridized carbons (Fsp3) is 0.189. The topological polar surface area (TPSA) is 0 Å². The van der Waals surface area contributed by atoms with Crippen molar-refractivity contribution in [1.82, 2.24) is 0 Å². The van der Waals surface area contributed by atoms with Crippen molar-refractivity contribution < 1.29 is 0 Å². The Bertz CT molecular complexity index is 1110. The highest BCUT2D eigenvalue weighted by Gasteiger charge is 1.93. The Hall–Kier alpha value is -3.90. The first kappa shape index (κ1) is 31.1. The molecule has 0 atom stereocenters. The van der Waals surface area contributed by atoms with Crippen molar-refractivity contribution in [3.63, 3.8) is 0 Å². The lowest BCUT2D eigenvalue weighted by Crippen LogP contribution is -1.76. The van der Waals surface area contributed by atoms with Crippen molar-refractivity contribution >= 4 is 0 Å². The van der Waals surface area contributed by atoms with Crippen molar-refractivity contribution in [1.29, 1.82) is 0 Å². The van der Waals surface area contributed by atoms with Crippen molar-refractivity contribution in [3.05, 3.63) is 167 Å². The van der Waals surface area contributed by atoms with Gasteiger partial charge in [-0.15, -0.1) is 0 Å². The number of benzene rings is 5. The molecule has 5 aromatic rings. The first-order valence-corrected chi connectivity index (χ1v) is 13.1. The first-order chi connectivity index (χ1) is 17.9. The Balaban J connectivity index is 0.000000251. The lowest BCUT2D eigenvalue weighted by molar-refractivity contribution is 1.40. The molecule has 0 unspecified atom stereocenters. The molecule has 0 fully saturated rings. The quantitative estimate of drug-likeness (QED) is 0.220. The zero-order chi connectivity index (χ0) is 27.3. The van der Waals surface area contributed by atoms with Crippen LogP contribution in [0.4, 0.5) is 0 Å². The van der Waals surface area contributed by atoms with Crippen LogP contribution >= 0.6 is 0 Å². The zero-order valence-corrected chi connectivity index (χ0v) is 23.8. The number of hydrogen-bond donors (Lipinski definition) is 0. The smallest absolute Gasteiger partial charge is 0.0184 e. The zero-order valence-electron chi connectivity index (χ0n) is 23.8. The molecule has 0 spiro atoms. The van der Waals surface area contributed by atoms with Crippen LogP contribution in [0.5, 0.6) is 0 Å².